The summed E-state index contributed by atoms with van der Waals surface area (Å²) in [6.07, 6.45) is 3.39. The van der Waals surface area contributed by atoms with E-state index in [2.05, 4.69) is 0 Å². The number of rotatable bonds is 3. The van der Waals surface area contributed by atoms with E-state index < -0.39 is 0 Å². The minimum atomic E-state index is 0.528. The van der Waals surface area contributed by atoms with E-state index in [0.29, 0.717) is 12.8 Å². The average Bonchev–Trinajstić information content (AvgIpc) is 1.69. The smallest absolute Gasteiger partial charge is 0.0827 e. The molecule has 0 saturated heterocycles. The Bertz CT molecular complexity index is 52.0. The molecule has 0 aliphatic carbocycles. The Balaban J connectivity index is 2.69. The first-order valence-corrected chi connectivity index (χ1v) is 2.52. The quantitative estimate of drug-likeness (QED) is 0.504. The van der Waals surface area contributed by atoms with E-state index in [1.165, 1.54) is 12.0 Å². The lowest BCUT2D eigenvalue weighted by Crippen LogP contribution is -1.61. The first-order valence-electron chi connectivity index (χ1n) is 2.09. The molecule has 0 unspecified atom stereocenters. The van der Waals surface area contributed by atoms with Crippen LogP contribution in [0.3, 0.4) is 0 Å². The molecule has 0 bridgehead atoms. The molecule has 1 radical (unpaired) electrons. The van der Waals surface area contributed by atoms with E-state index in [4.69, 9.17) is 11.6 Å². The zero-order valence-electron chi connectivity index (χ0n) is 3.90. The number of hydrogen-bond donors (Lipinski definition) is 0. The van der Waals surface area contributed by atoms with Gasteiger partial charge in [0, 0.05) is 0 Å². The van der Waals surface area contributed by atoms with Crippen molar-refractivity contribution in [2.45, 2.75) is 12.8 Å². The number of allylic oxidation sites excluding steroid dienone is 1. The van der Waals surface area contributed by atoms with E-state index in [1.807, 2.05) is 0 Å². The Kier molecular flexibility index (Phi) is 5.93. The Morgan fingerprint density at radius 1 is 1.43 bits per heavy atom. The molecule has 7 heavy (non-hydrogen) atoms. The maximum absolute atomic E-state index is 11.1. The molecule has 0 aromatic heterocycles. The number of unbranched alkanes of at least 4 members (excludes halogenated alkanes) is 1. The maximum Gasteiger partial charge on any atom is 0.0827 e. The lowest BCUT2D eigenvalue weighted by Gasteiger charge is -1.80. The minimum absolute atomic E-state index is 0.528. The zero-order valence-corrected chi connectivity index (χ0v) is 4.66. The molecule has 0 nitrogen and oxygen atoms in total. The third-order valence-electron chi connectivity index (χ3n) is 0.532. The molecule has 0 aromatic rings. The Labute approximate surface area is 48.0 Å². The highest BCUT2D eigenvalue weighted by molar-refractivity contribution is 6.23. The van der Waals surface area contributed by atoms with Crippen LogP contribution in [-0.4, -0.2) is 0 Å². The standard InChI is InChI=1S/C5H7ClF/c6-4-2-1-3-5-7/h3-5H,1-2H2. The molecule has 0 atom stereocenters. The summed E-state index contributed by atoms with van der Waals surface area (Å²) in [4.78, 5) is 0. The van der Waals surface area contributed by atoms with Gasteiger partial charge >= 0.3 is 0 Å². The van der Waals surface area contributed by atoms with Gasteiger partial charge in [-0.1, -0.05) is 6.08 Å². The highest BCUT2D eigenvalue weighted by atomic mass is 35.5. The minimum Gasteiger partial charge on any atom is -0.216 e. The monoisotopic (exact) mass is 121 g/mol. The normalized spacial score (nSPS) is 10.6. The molecule has 0 aliphatic rings. The molecule has 41 valence electrons. The van der Waals surface area contributed by atoms with Gasteiger partial charge in [0.2, 0.25) is 0 Å². The summed E-state index contributed by atoms with van der Waals surface area (Å²) < 4.78 is 11.1. The van der Waals surface area contributed by atoms with E-state index in [1.54, 1.807) is 0 Å². The summed E-state index contributed by atoms with van der Waals surface area (Å²) in [7, 11) is 0. The van der Waals surface area contributed by atoms with Crippen molar-refractivity contribution in [3.05, 3.63) is 18.3 Å². The van der Waals surface area contributed by atoms with Gasteiger partial charge in [0.25, 0.3) is 0 Å². The highest BCUT2D eigenvalue weighted by Gasteiger charge is 1.76. The summed E-state index contributed by atoms with van der Waals surface area (Å²) in [6, 6.07) is 0. The third-order valence-corrected chi connectivity index (χ3v) is 0.750. The van der Waals surface area contributed by atoms with Crippen molar-refractivity contribution in [3.8, 4) is 0 Å². The lowest BCUT2D eigenvalue weighted by molar-refractivity contribution is 0.713. The van der Waals surface area contributed by atoms with Crippen LogP contribution in [0.5, 0.6) is 0 Å². The second-order valence-electron chi connectivity index (χ2n) is 1.09. The Hall–Kier alpha value is -0.0400. The molecule has 0 N–H and O–H groups in total. The van der Waals surface area contributed by atoms with Crippen LogP contribution >= 0.6 is 11.6 Å². The van der Waals surface area contributed by atoms with Crippen molar-refractivity contribution >= 4 is 11.6 Å². The molecule has 0 saturated carbocycles. The largest absolute Gasteiger partial charge is 0.216 e. The maximum atomic E-state index is 11.1. The highest BCUT2D eigenvalue weighted by Crippen LogP contribution is 1.97. The predicted molar refractivity (Wildman–Crippen MR) is 29.6 cm³/mol. The SMILES string of the molecule is FC=CCC[CH]Cl. The van der Waals surface area contributed by atoms with Gasteiger partial charge in [-0.05, 0) is 12.8 Å². The van der Waals surface area contributed by atoms with Crippen LogP contribution in [0.2, 0.25) is 0 Å². The van der Waals surface area contributed by atoms with Gasteiger partial charge in [-0.2, -0.15) is 0 Å². The molecule has 0 fully saturated rings. The molecular weight excluding hydrogens is 115 g/mol. The van der Waals surface area contributed by atoms with Crippen molar-refractivity contribution < 1.29 is 4.39 Å². The second kappa shape index (κ2) is 5.96. The van der Waals surface area contributed by atoms with Gasteiger partial charge in [-0.25, -0.2) is 4.39 Å². The fraction of sp³-hybridized carbons (Fsp3) is 0.400. The van der Waals surface area contributed by atoms with Crippen molar-refractivity contribution in [1.29, 1.82) is 0 Å². The molecule has 0 heterocycles. The van der Waals surface area contributed by atoms with Crippen LogP contribution in [0.15, 0.2) is 12.4 Å². The zero-order chi connectivity index (χ0) is 5.54. The summed E-state index contributed by atoms with van der Waals surface area (Å²) in [6.45, 7) is 0. The van der Waals surface area contributed by atoms with Gasteiger partial charge in [0.1, 0.15) is 0 Å². The van der Waals surface area contributed by atoms with Crippen molar-refractivity contribution in [3.63, 3.8) is 0 Å². The molecule has 0 aliphatic heterocycles. The van der Waals surface area contributed by atoms with Crippen LogP contribution in [0.4, 0.5) is 4.39 Å². The first kappa shape index (κ1) is 6.96. The van der Waals surface area contributed by atoms with Crippen LogP contribution in [-0.2, 0) is 0 Å². The summed E-state index contributed by atoms with van der Waals surface area (Å²) in [5.41, 5.74) is 0. The average molecular weight is 122 g/mol. The van der Waals surface area contributed by atoms with Crippen LogP contribution in [0.1, 0.15) is 12.8 Å². The van der Waals surface area contributed by atoms with E-state index in [9.17, 15) is 4.39 Å². The van der Waals surface area contributed by atoms with Gasteiger partial charge in [0.05, 0.1) is 12.2 Å². The Morgan fingerprint density at radius 3 is 2.57 bits per heavy atom. The lowest BCUT2D eigenvalue weighted by atomic mass is 10.3. The van der Waals surface area contributed by atoms with Gasteiger partial charge < -0.3 is 0 Å². The van der Waals surface area contributed by atoms with Crippen LogP contribution in [0.25, 0.3) is 0 Å². The first-order chi connectivity index (χ1) is 3.41. The number of halogens is 2. The van der Waals surface area contributed by atoms with E-state index >= 15 is 0 Å². The fourth-order valence-corrected chi connectivity index (χ4v) is 0.348. The second-order valence-corrected chi connectivity index (χ2v) is 1.40. The van der Waals surface area contributed by atoms with Crippen molar-refractivity contribution in [2.24, 2.45) is 0 Å². The predicted octanol–water partition coefficient (Wildman–Crippen LogP) is 2.65. The third kappa shape index (κ3) is 5.96. The summed E-state index contributed by atoms with van der Waals surface area (Å²) in [5.74, 6) is 1.49. The topological polar surface area (TPSA) is 0 Å². The van der Waals surface area contributed by atoms with E-state index in [0.717, 1.165) is 6.42 Å². The van der Waals surface area contributed by atoms with Crippen LogP contribution in [0, 0.1) is 5.88 Å². The molecule has 0 spiro atoms. The summed E-state index contributed by atoms with van der Waals surface area (Å²) in [5, 5.41) is 0. The molecular formula is C5H7ClF. The Morgan fingerprint density at radius 2 is 2.14 bits per heavy atom. The molecule has 0 amide bonds. The molecule has 0 aromatic carbocycles. The fourth-order valence-electron chi connectivity index (χ4n) is 0.222. The van der Waals surface area contributed by atoms with Gasteiger partial charge in [-0.15, -0.1) is 11.6 Å². The number of hydrogen-bond acceptors (Lipinski definition) is 0. The van der Waals surface area contributed by atoms with E-state index in [-0.39, 0.29) is 0 Å². The van der Waals surface area contributed by atoms with Gasteiger partial charge in [-0.3, -0.25) is 0 Å². The molecule has 0 rings (SSSR count). The summed E-state index contributed by atoms with van der Waals surface area (Å²) >= 11 is 5.16. The van der Waals surface area contributed by atoms with Crippen molar-refractivity contribution in [2.75, 3.05) is 0 Å². The molecule has 2 heteroatoms. The van der Waals surface area contributed by atoms with Gasteiger partial charge in [0.15, 0.2) is 0 Å². The van der Waals surface area contributed by atoms with Crippen LogP contribution < -0.4 is 0 Å². The van der Waals surface area contributed by atoms with Crippen molar-refractivity contribution in [1.82, 2.24) is 0 Å².